The maximum absolute atomic E-state index is 7.87. The van der Waals surface area contributed by atoms with Gasteiger partial charge in [-0.15, -0.1) is 37.5 Å². The first-order chi connectivity index (χ1) is 53.6. The highest BCUT2D eigenvalue weighted by Crippen LogP contribution is 2.57. The van der Waals surface area contributed by atoms with E-state index in [9.17, 15) is 0 Å². The fourth-order valence-corrected chi connectivity index (χ4v) is 19.5. The third-order valence-corrected chi connectivity index (χ3v) is 28.5. The third kappa shape index (κ3) is 11.9. The average molecular weight is 1490 g/mol. The maximum atomic E-state index is 7.87. The van der Waals surface area contributed by atoms with Crippen LogP contribution in [0.15, 0.2) is 206 Å². The summed E-state index contributed by atoms with van der Waals surface area (Å²) in [5.74, 6) is 0. The summed E-state index contributed by atoms with van der Waals surface area (Å²) in [6.07, 6.45) is 0. The molecule has 17 rings (SSSR count). The average Bonchev–Trinajstić information content (AvgIpc) is 1.57. The number of aryl methyl sites for hydroxylation is 10. The van der Waals surface area contributed by atoms with Crippen molar-refractivity contribution in [3.05, 3.63) is 307 Å². The fourth-order valence-electron chi connectivity index (χ4n) is 19.5. The lowest BCUT2D eigenvalue weighted by Crippen LogP contribution is -2.51. The minimum absolute atomic E-state index is 0.0165. The van der Waals surface area contributed by atoms with Crippen molar-refractivity contribution in [2.75, 3.05) is 0 Å². The van der Waals surface area contributed by atoms with Crippen LogP contribution in [-0.4, -0.2) is 18.7 Å². The third-order valence-electron chi connectivity index (χ3n) is 28.5. The van der Waals surface area contributed by atoms with Gasteiger partial charge in [-0.2, -0.15) is 0 Å². The number of nitrogens with zero attached hydrogens (tertiary/aromatic N) is 8. The van der Waals surface area contributed by atoms with E-state index in [1.807, 2.05) is 13.0 Å². The molecule has 0 aliphatic carbocycles. The van der Waals surface area contributed by atoms with Crippen LogP contribution in [0.25, 0.3) is 78.9 Å². The van der Waals surface area contributed by atoms with E-state index in [0.29, 0.717) is 5.56 Å². The maximum Gasteiger partial charge on any atom is 0.246 e. The zero-order valence-electron chi connectivity index (χ0n) is 75.7. The van der Waals surface area contributed by atoms with E-state index in [-0.39, 0.29) is 43.3 Å². The molecule has 0 bridgehead atoms. The predicted octanol–water partition coefficient (Wildman–Crippen LogP) is 22.9. The van der Waals surface area contributed by atoms with Gasteiger partial charge in [-0.25, -0.2) is 0 Å². The van der Waals surface area contributed by atoms with Crippen LogP contribution in [-0.2, 0) is 71.5 Å². The first kappa shape index (κ1) is 74.6. The van der Waals surface area contributed by atoms with Gasteiger partial charge in [-0.1, -0.05) is 284 Å². The Labute approximate surface area is 674 Å². The molecule has 0 amide bonds. The fraction of sp³-hybridized carbons (Fsp3) is 0.365. The molecule has 0 atom stereocenters. The van der Waals surface area contributed by atoms with E-state index < -0.39 is 6.85 Å². The van der Waals surface area contributed by atoms with Gasteiger partial charge in [0.25, 0.3) is 0 Å². The van der Waals surface area contributed by atoms with Gasteiger partial charge < -0.3 is 0 Å². The van der Waals surface area contributed by atoms with E-state index in [1.165, 1.54) is 157 Å². The smallest absolute Gasteiger partial charge is 0.124 e. The Kier molecular flexibility index (Phi) is 18.2. The van der Waals surface area contributed by atoms with Gasteiger partial charge in [0, 0.05) is 87.9 Å². The molecule has 4 aromatic heterocycles. The molecule has 4 aliphatic rings. The molecule has 576 valence electrons. The lowest BCUT2D eigenvalue weighted by Gasteiger charge is -2.46. The number of hydrogen-bond acceptors (Lipinski definition) is 0. The molecule has 0 saturated heterocycles. The van der Waals surface area contributed by atoms with Crippen molar-refractivity contribution in [3.63, 3.8) is 0 Å². The molecule has 0 unspecified atom stereocenters. The van der Waals surface area contributed by atoms with Crippen molar-refractivity contribution in [2.24, 2.45) is 28.2 Å². The second kappa shape index (κ2) is 27.3. The Hall–Kier alpha value is -10.2. The van der Waals surface area contributed by atoms with Gasteiger partial charge in [0.05, 0.1) is 22.6 Å². The van der Waals surface area contributed by atoms with Gasteiger partial charge in [0.15, 0.2) is 28.2 Å². The van der Waals surface area contributed by atoms with Crippen LogP contribution >= 0.6 is 0 Å². The van der Waals surface area contributed by atoms with Crippen LogP contribution in [0.4, 0.5) is 0 Å². The topological polar surface area (TPSA) is 35.2 Å². The largest absolute Gasteiger partial charge is 0.246 e. The van der Waals surface area contributed by atoms with Gasteiger partial charge in [-0.05, 0) is 168 Å². The van der Waals surface area contributed by atoms with Crippen molar-refractivity contribution >= 4 is 0 Å². The monoisotopic (exact) mass is 1490 g/mol. The Morgan fingerprint density at radius 2 is 0.527 bits per heavy atom. The summed E-state index contributed by atoms with van der Waals surface area (Å²) in [4.78, 5) is 0. The lowest BCUT2D eigenvalue weighted by molar-refractivity contribution is -0.735. The van der Waals surface area contributed by atoms with Crippen molar-refractivity contribution in [3.8, 4) is 78.9 Å². The van der Waals surface area contributed by atoms with Crippen molar-refractivity contribution in [1.29, 1.82) is 0 Å². The standard InChI is InChI=1S/C31H35N2.2C25H31N2.C23H27N2/c1-20-17-21(2)19-24(18-20)28-26(23-14-10-9-11-15-23)29-31(6,7)30(4,5)25-16-12-13-22(3)27(25)33(29)32(28)8;2*1-16-12-17(2)14-19(13-16)21-15-22-25(6,7)24(4,5)20-11-9-10-18(3)23(20)27(22)26(21)8;1-16-11-10-14-18-21(16)25-20(23(4,5)22(18,2)3)15-19(24(25)6)17-12-8-7-9-13-17/h9-19H,1-8H3;2*9-15H,1-8H3;7-15H,1-6H3/q4*+1/i;1D3;;. The lowest BCUT2D eigenvalue weighted by atomic mass is 9.59. The van der Waals surface area contributed by atoms with Gasteiger partial charge in [0.1, 0.15) is 28.4 Å². The molecule has 8 heterocycles. The molecule has 8 heteroatoms. The zero-order chi connectivity index (χ0) is 83.6. The molecule has 0 saturated carbocycles. The Morgan fingerprint density at radius 1 is 0.250 bits per heavy atom. The molecule has 0 radical (unpaired) electrons. The van der Waals surface area contributed by atoms with Crippen molar-refractivity contribution < 1.29 is 22.8 Å². The Balaban J connectivity index is 0.000000127. The number of rotatable bonds is 5. The van der Waals surface area contributed by atoms with E-state index >= 15 is 0 Å². The predicted molar refractivity (Wildman–Crippen MR) is 467 cm³/mol. The second-order valence-electron chi connectivity index (χ2n) is 37.6. The van der Waals surface area contributed by atoms with Crippen LogP contribution in [0.1, 0.15) is 216 Å². The van der Waals surface area contributed by atoms with Crippen LogP contribution in [0.5, 0.6) is 0 Å². The summed E-state index contributed by atoms with van der Waals surface area (Å²) in [6, 6.07) is 74.9. The van der Waals surface area contributed by atoms with Crippen LogP contribution < -0.4 is 18.7 Å². The van der Waals surface area contributed by atoms with Crippen molar-refractivity contribution in [1.82, 2.24) is 18.7 Å². The molecule has 112 heavy (non-hydrogen) atoms. The molecular weight excluding hydrogens is 1360 g/mol. The minimum atomic E-state index is -2.12. The normalized spacial score (nSPS) is 17.0. The molecule has 8 nitrogen and oxygen atoms in total. The molecule has 13 aromatic rings. The van der Waals surface area contributed by atoms with Gasteiger partial charge >= 0.3 is 0 Å². The summed E-state index contributed by atoms with van der Waals surface area (Å²) in [5, 5.41) is 0. The molecule has 4 aliphatic heterocycles. The second-order valence-corrected chi connectivity index (χ2v) is 37.6. The summed E-state index contributed by atoms with van der Waals surface area (Å²) >= 11 is 0. The van der Waals surface area contributed by atoms with E-state index in [1.54, 1.807) is 6.07 Å². The number of benzene rings is 9. The highest BCUT2D eigenvalue weighted by molar-refractivity contribution is 5.84. The number of hydrogen-bond donors (Lipinski definition) is 0. The van der Waals surface area contributed by atoms with Crippen LogP contribution in [0.3, 0.4) is 0 Å². The molecule has 0 N–H and O–H groups in total. The van der Waals surface area contributed by atoms with Gasteiger partial charge in [-0.3, -0.25) is 0 Å². The highest BCUT2D eigenvalue weighted by atomic mass is 15.4. The summed E-state index contributed by atoms with van der Waals surface area (Å²) in [6.45, 7) is 55.4. The summed E-state index contributed by atoms with van der Waals surface area (Å²) in [7, 11) is 8.67. The van der Waals surface area contributed by atoms with Gasteiger partial charge in [0.2, 0.25) is 22.8 Å². The Bertz CT molecular complexity index is 6000. The molecule has 0 spiro atoms. The number of aromatic nitrogens is 8. The number of fused-ring (bicyclic) bond motifs is 12. The number of para-hydroxylation sites is 4. The Morgan fingerprint density at radius 3 is 0.857 bits per heavy atom. The zero-order valence-corrected chi connectivity index (χ0v) is 72.7. The van der Waals surface area contributed by atoms with E-state index in [0.717, 1.165) is 16.8 Å². The SMILES string of the molecule is Cc1cc(C)cc(-c2c(-c3ccccc3)c3n([n+]2C)-c2c(C)cccc2C(C)(C)C3(C)C)c1.Cc1cc(C)cc(-c2cc3n([n+]2C)-c2c(C)cccc2C(C)(C)C3(C)C)c1.Cc1cccc2c1-n1c(cc(-c3ccccc3)[n+]1C)C(C)(C)C2(C)C.[2H]C([2H])([2H])c1cc(C)cc(-c2cc3n([n+]2C)-c2c(C)cccc2C(C)(C)C3(C)C)c1. The van der Waals surface area contributed by atoms with E-state index in [4.69, 9.17) is 4.11 Å². The van der Waals surface area contributed by atoms with Crippen LogP contribution in [0, 0.1) is 69.2 Å². The first-order valence-electron chi connectivity index (χ1n) is 42.0. The molecular formula is C104H124N8+4. The molecule has 9 aromatic carbocycles. The first-order valence-corrected chi connectivity index (χ1v) is 40.5. The van der Waals surface area contributed by atoms with E-state index in [2.05, 4.69) is 426 Å². The molecule has 0 fully saturated rings. The quantitative estimate of drug-likeness (QED) is 0.154. The summed E-state index contributed by atoms with van der Waals surface area (Å²) < 4.78 is 42.6. The highest BCUT2D eigenvalue weighted by Gasteiger charge is 2.56. The van der Waals surface area contributed by atoms with Crippen molar-refractivity contribution in [2.45, 2.75) is 223 Å². The summed E-state index contributed by atoms with van der Waals surface area (Å²) in [5.41, 5.74) is 40.1. The van der Waals surface area contributed by atoms with Crippen LogP contribution in [0.2, 0.25) is 0 Å². The minimum Gasteiger partial charge on any atom is -0.124 e.